The van der Waals surface area contributed by atoms with Crippen molar-refractivity contribution in [3.8, 4) is 0 Å². The Labute approximate surface area is 132 Å². The van der Waals surface area contributed by atoms with Crippen LogP contribution in [0.4, 0.5) is 5.69 Å². The maximum Gasteiger partial charge on any atom is 0.239 e. The van der Waals surface area contributed by atoms with Crippen LogP contribution in [-0.4, -0.2) is 18.4 Å². The number of nitrogens with zero attached hydrogens (tertiary/aromatic N) is 1. The van der Waals surface area contributed by atoms with Crippen LogP contribution in [0.3, 0.4) is 0 Å². The zero-order chi connectivity index (χ0) is 15.5. The molecular formula is C16H15ClN2O3. The largest absolute Gasteiger partial charge is 0.467 e. The first-order valence-corrected chi connectivity index (χ1v) is 7.40. The molecule has 22 heavy (non-hydrogen) atoms. The lowest BCUT2D eigenvalue weighted by molar-refractivity contribution is -0.132. The van der Waals surface area contributed by atoms with Gasteiger partial charge in [-0.05, 0) is 42.8 Å². The normalized spacial score (nSPS) is 17.8. The van der Waals surface area contributed by atoms with Crippen molar-refractivity contribution in [1.29, 1.82) is 0 Å². The van der Waals surface area contributed by atoms with Crippen LogP contribution in [0.15, 0.2) is 47.1 Å². The van der Waals surface area contributed by atoms with Crippen molar-refractivity contribution in [2.75, 3.05) is 11.4 Å². The van der Waals surface area contributed by atoms with Gasteiger partial charge in [0.1, 0.15) is 11.7 Å². The summed E-state index contributed by atoms with van der Waals surface area (Å²) < 4.78 is 5.15. The average molecular weight is 319 g/mol. The monoisotopic (exact) mass is 318 g/mol. The molecule has 0 aliphatic carbocycles. The van der Waals surface area contributed by atoms with Crippen LogP contribution in [-0.2, 0) is 16.1 Å². The van der Waals surface area contributed by atoms with Gasteiger partial charge in [0.05, 0.1) is 12.8 Å². The molecule has 1 N–H and O–H groups in total. The van der Waals surface area contributed by atoms with Gasteiger partial charge < -0.3 is 14.6 Å². The van der Waals surface area contributed by atoms with Gasteiger partial charge in [0, 0.05) is 17.3 Å². The van der Waals surface area contributed by atoms with E-state index < -0.39 is 5.92 Å². The van der Waals surface area contributed by atoms with Gasteiger partial charge in [-0.15, -0.1) is 0 Å². The van der Waals surface area contributed by atoms with E-state index in [9.17, 15) is 9.59 Å². The number of amides is 2. The Bertz CT molecular complexity index is 667. The highest BCUT2D eigenvalue weighted by atomic mass is 35.5. The molecule has 6 heteroatoms. The van der Waals surface area contributed by atoms with E-state index in [4.69, 9.17) is 16.0 Å². The smallest absolute Gasteiger partial charge is 0.239 e. The number of hydrogen-bond acceptors (Lipinski definition) is 3. The molecule has 0 unspecified atom stereocenters. The van der Waals surface area contributed by atoms with Crippen molar-refractivity contribution in [2.24, 2.45) is 5.92 Å². The van der Waals surface area contributed by atoms with E-state index in [1.54, 1.807) is 47.6 Å². The van der Waals surface area contributed by atoms with Crippen LogP contribution in [0.1, 0.15) is 12.2 Å². The summed E-state index contributed by atoms with van der Waals surface area (Å²) in [7, 11) is 0. The molecule has 5 nitrogen and oxygen atoms in total. The number of rotatable bonds is 4. The molecule has 0 saturated carbocycles. The number of benzene rings is 1. The fourth-order valence-electron chi connectivity index (χ4n) is 2.51. The highest BCUT2D eigenvalue weighted by molar-refractivity contribution is 6.30. The highest BCUT2D eigenvalue weighted by Gasteiger charge is 2.37. The molecule has 2 aromatic rings. The fourth-order valence-corrected chi connectivity index (χ4v) is 2.64. The molecule has 0 spiro atoms. The quantitative estimate of drug-likeness (QED) is 0.881. The summed E-state index contributed by atoms with van der Waals surface area (Å²) in [6.45, 7) is 0.815. The van der Waals surface area contributed by atoms with E-state index in [-0.39, 0.29) is 18.4 Å². The second-order valence-corrected chi connectivity index (χ2v) is 5.54. The maximum absolute atomic E-state index is 12.4. The van der Waals surface area contributed by atoms with Crippen LogP contribution in [0.5, 0.6) is 0 Å². The van der Waals surface area contributed by atoms with E-state index in [1.165, 1.54) is 0 Å². The third-order valence-corrected chi connectivity index (χ3v) is 3.93. The lowest BCUT2D eigenvalue weighted by Crippen LogP contribution is -2.36. The highest BCUT2D eigenvalue weighted by Crippen LogP contribution is 2.26. The van der Waals surface area contributed by atoms with E-state index in [1.807, 2.05) is 0 Å². The van der Waals surface area contributed by atoms with E-state index in [0.717, 1.165) is 5.69 Å². The van der Waals surface area contributed by atoms with E-state index >= 15 is 0 Å². The Morgan fingerprint density at radius 3 is 2.77 bits per heavy atom. The van der Waals surface area contributed by atoms with Crippen molar-refractivity contribution in [3.63, 3.8) is 0 Å². The van der Waals surface area contributed by atoms with Gasteiger partial charge in [-0.3, -0.25) is 9.59 Å². The van der Waals surface area contributed by atoms with Gasteiger partial charge in [-0.25, -0.2) is 0 Å². The Morgan fingerprint density at radius 1 is 1.32 bits per heavy atom. The molecule has 2 heterocycles. The van der Waals surface area contributed by atoms with Crippen molar-refractivity contribution >= 4 is 29.1 Å². The molecule has 0 bridgehead atoms. The molecule has 1 aliphatic heterocycles. The van der Waals surface area contributed by atoms with E-state index in [2.05, 4.69) is 5.32 Å². The van der Waals surface area contributed by atoms with Crippen LogP contribution < -0.4 is 10.2 Å². The summed E-state index contributed by atoms with van der Waals surface area (Å²) in [5.74, 6) is -0.434. The minimum Gasteiger partial charge on any atom is -0.467 e. The average Bonchev–Trinajstić information content (AvgIpc) is 3.15. The van der Waals surface area contributed by atoms with Gasteiger partial charge in [0.2, 0.25) is 11.8 Å². The number of carbonyl (C=O) groups excluding carboxylic acids is 2. The molecule has 1 saturated heterocycles. The predicted molar refractivity (Wildman–Crippen MR) is 82.5 cm³/mol. The molecule has 1 aromatic heterocycles. The van der Waals surface area contributed by atoms with Gasteiger partial charge in [0.15, 0.2) is 0 Å². The van der Waals surface area contributed by atoms with Crippen LogP contribution >= 0.6 is 11.6 Å². The van der Waals surface area contributed by atoms with Gasteiger partial charge in [-0.1, -0.05) is 11.6 Å². The Kier molecular flexibility index (Phi) is 4.15. The zero-order valence-corrected chi connectivity index (χ0v) is 12.5. The second kappa shape index (κ2) is 6.23. The third kappa shape index (κ3) is 2.99. The number of furan rings is 1. The van der Waals surface area contributed by atoms with Crippen molar-refractivity contribution in [3.05, 3.63) is 53.4 Å². The van der Waals surface area contributed by atoms with Crippen LogP contribution in [0, 0.1) is 5.92 Å². The van der Waals surface area contributed by atoms with Gasteiger partial charge in [-0.2, -0.15) is 0 Å². The number of anilines is 1. The molecular weight excluding hydrogens is 304 g/mol. The number of halogens is 1. The standard InChI is InChI=1S/C16H15ClN2O3/c17-11-3-5-12(6-4-11)19-8-7-14(16(19)21)15(20)18-10-13-2-1-9-22-13/h1-6,9,14H,7-8,10H2,(H,18,20)/t14-/m1/s1. The molecule has 1 aromatic carbocycles. The minimum atomic E-state index is -0.648. The van der Waals surface area contributed by atoms with Crippen molar-refractivity contribution in [2.45, 2.75) is 13.0 Å². The first-order valence-electron chi connectivity index (χ1n) is 7.02. The maximum atomic E-state index is 12.4. The fraction of sp³-hybridized carbons (Fsp3) is 0.250. The molecule has 114 valence electrons. The van der Waals surface area contributed by atoms with Crippen molar-refractivity contribution in [1.82, 2.24) is 5.32 Å². The lowest BCUT2D eigenvalue weighted by Gasteiger charge is -2.16. The molecule has 2 amide bonds. The molecule has 1 aliphatic rings. The summed E-state index contributed by atoms with van der Waals surface area (Å²) in [6.07, 6.45) is 2.05. The number of hydrogen-bond donors (Lipinski definition) is 1. The van der Waals surface area contributed by atoms with Crippen LogP contribution in [0.2, 0.25) is 5.02 Å². The van der Waals surface area contributed by atoms with Crippen molar-refractivity contribution < 1.29 is 14.0 Å². The number of nitrogens with one attached hydrogen (secondary N) is 1. The SMILES string of the molecule is O=C(NCc1ccco1)[C@H]1CCN(c2ccc(Cl)cc2)C1=O. The Balaban J connectivity index is 1.63. The molecule has 1 fully saturated rings. The summed E-state index contributed by atoms with van der Waals surface area (Å²) in [4.78, 5) is 26.2. The minimum absolute atomic E-state index is 0.181. The first-order chi connectivity index (χ1) is 10.6. The number of carbonyl (C=O) groups is 2. The van der Waals surface area contributed by atoms with Gasteiger partial charge in [0.25, 0.3) is 0 Å². The molecule has 1 atom stereocenters. The summed E-state index contributed by atoms with van der Waals surface area (Å²) in [5.41, 5.74) is 0.760. The molecule has 3 rings (SSSR count). The molecule has 0 radical (unpaired) electrons. The summed E-state index contributed by atoms with van der Waals surface area (Å²) >= 11 is 5.85. The first kappa shape index (κ1) is 14.7. The van der Waals surface area contributed by atoms with Crippen LogP contribution in [0.25, 0.3) is 0 Å². The topological polar surface area (TPSA) is 62.6 Å². The summed E-state index contributed by atoms with van der Waals surface area (Å²) in [5, 5.41) is 3.35. The predicted octanol–water partition coefficient (Wildman–Crippen LogP) is 2.60. The Hall–Kier alpha value is -2.27. The second-order valence-electron chi connectivity index (χ2n) is 5.10. The Morgan fingerprint density at radius 2 is 2.09 bits per heavy atom. The zero-order valence-electron chi connectivity index (χ0n) is 11.8. The summed E-state index contributed by atoms with van der Waals surface area (Å²) in [6, 6.07) is 10.6. The lowest BCUT2D eigenvalue weighted by atomic mass is 10.1. The van der Waals surface area contributed by atoms with Gasteiger partial charge >= 0.3 is 0 Å². The van der Waals surface area contributed by atoms with E-state index in [0.29, 0.717) is 23.7 Å². The third-order valence-electron chi connectivity index (χ3n) is 3.68.